The lowest BCUT2D eigenvalue weighted by Gasteiger charge is -2.21. The molecule has 12 heteroatoms. The lowest BCUT2D eigenvalue weighted by atomic mass is 10.1. The standard InChI is InChI=1S/C31H31FN6O4S/c1-21-5-12-30(27(32)15-21)43(40,41)38(42-20-39)26-9-7-25(8-10-26)35-31-17-28(33-19-34-31)23-6-11-29-24(16-23)13-14-37(29)18-22(2)36(3)4/h5-17,19-20,22H,18H2,1-4H3,(H,33,34,35). The molecule has 0 saturated carbocycles. The van der Waals surface area contributed by atoms with Crippen molar-refractivity contribution in [3.63, 3.8) is 0 Å². The molecule has 0 radical (unpaired) electrons. The molecule has 222 valence electrons. The number of aromatic nitrogens is 3. The largest absolute Gasteiger partial charge is 0.346 e. The van der Waals surface area contributed by atoms with Gasteiger partial charge in [-0.3, -0.25) is 4.79 Å². The zero-order valence-electron chi connectivity index (χ0n) is 24.1. The minimum atomic E-state index is -4.54. The smallest absolute Gasteiger partial charge is 0.322 e. The number of anilines is 3. The van der Waals surface area contributed by atoms with Gasteiger partial charge in [-0.05, 0) is 88.1 Å². The monoisotopic (exact) mass is 602 g/mol. The molecule has 0 spiro atoms. The molecule has 1 atom stereocenters. The van der Waals surface area contributed by atoms with Crippen LogP contribution < -0.4 is 9.79 Å². The molecule has 1 unspecified atom stereocenters. The van der Waals surface area contributed by atoms with Gasteiger partial charge in [0.25, 0.3) is 10.0 Å². The molecule has 2 heterocycles. The van der Waals surface area contributed by atoms with Crippen LogP contribution in [0, 0.1) is 12.7 Å². The van der Waals surface area contributed by atoms with Gasteiger partial charge in [-0.25, -0.2) is 14.4 Å². The highest BCUT2D eigenvalue weighted by Gasteiger charge is 2.30. The van der Waals surface area contributed by atoms with Crippen LogP contribution in [0.25, 0.3) is 22.2 Å². The number of aryl methyl sites for hydroxylation is 1. The molecule has 10 nitrogen and oxygen atoms in total. The number of sulfonamides is 1. The van der Waals surface area contributed by atoms with Crippen LogP contribution in [0.4, 0.5) is 21.6 Å². The Hall–Kier alpha value is -4.81. The minimum absolute atomic E-state index is 0.00113. The molecule has 0 saturated heterocycles. The molecule has 0 fully saturated rings. The first-order valence-corrected chi connectivity index (χ1v) is 14.9. The molecule has 3 aromatic carbocycles. The summed E-state index contributed by atoms with van der Waals surface area (Å²) in [5.74, 6) is -0.432. The summed E-state index contributed by atoms with van der Waals surface area (Å²) >= 11 is 0. The fourth-order valence-electron chi connectivity index (χ4n) is 4.56. The predicted molar refractivity (Wildman–Crippen MR) is 164 cm³/mol. The van der Waals surface area contributed by atoms with Crippen molar-refractivity contribution in [2.45, 2.75) is 31.3 Å². The van der Waals surface area contributed by atoms with Crippen molar-refractivity contribution in [3.05, 3.63) is 96.7 Å². The first-order valence-electron chi connectivity index (χ1n) is 13.4. The molecule has 5 rings (SSSR count). The highest BCUT2D eigenvalue weighted by atomic mass is 32.2. The Morgan fingerprint density at radius 3 is 2.49 bits per heavy atom. The summed E-state index contributed by atoms with van der Waals surface area (Å²) in [4.78, 5) is 26.2. The Morgan fingerprint density at radius 1 is 1.02 bits per heavy atom. The van der Waals surface area contributed by atoms with Gasteiger partial charge in [0.1, 0.15) is 22.9 Å². The Kier molecular flexibility index (Phi) is 8.42. The summed E-state index contributed by atoms with van der Waals surface area (Å²) in [6.45, 7) is 4.67. The quantitative estimate of drug-likeness (QED) is 0.155. The van der Waals surface area contributed by atoms with Crippen molar-refractivity contribution < 1.29 is 22.4 Å². The number of hydrogen-bond donors (Lipinski definition) is 1. The summed E-state index contributed by atoms with van der Waals surface area (Å²) < 4.78 is 43.4. The average molecular weight is 603 g/mol. The van der Waals surface area contributed by atoms with E-state index in [0.717, 1.165) is 40.8 Å². The second-order valence-corrected chi connectivity index (χ2v) is 12.1. The number of benzene rings is 3. The predicted octanol–water partition coefficient (Wildman–Crippen LogP) is 5.52. The molecule has 2 aromatic heterocycles. The van der Waals surface area contributed by atoms with Crippen molar-refractivity contribution in [2.24, 2.45) is 0 Å². The van der Waals surface area contributed by atoms with Crippen LogP contribution in [0.3, 0.4) is 0 Å². The summed E-state index contributed by atoms with van der Waals surface area (Å²) in [6, 6.07) is 20.2. The Labute approximate surface area is 249 Å². The number of hydrogen-bond acceptors (Lipinski definition) is 8. The van der Waals surface area contributed by atoms with Gasteiger partial charge in [0.15, 0.2) is 0 Å². The van der Waals surface area contributed by atoms with Crippen molar-refractivity contribution in [1.29, 1.82) is 0 Å². The number of halogens is 1. The van der Waals surface area contributed by atoms with Gasteiger partial charge in [-0.1, -0.05) is 16.6 Å². The van der Waals surface area contributed by atoms with Crippen molar-refractivity contribution in [1.82, 2.24) is 19.4 Å². The first kappa shape index (κ1) is 29.7. The Bertz CT molecular complexity index is 1880. The van der Waals surface area contributed by atoms with E-state index < -0.39 is 20.7 Å². The third-order valence-corrected chi connectivity index (χ3v) is 8.77. The van der Waals surface area contributed by atoms with Crippen molar-refractivity contribution in [2.75, 3.05) is 23.9 Å². The van der Waals surface area contributed by atoms with Crippen LogP contribution >= 0.6 is 0 Å². The van der Waals surface area contributed by atoms with E-state index in [1.54, 1.807) is 19.1 Å². The fourth-order valence-corrected chi connectivity index (χ4v) is 5.84. The van der Waals surface area contributed by atoms with Crippen LogP contribution in [0.5, 0.6) is 0 Å². The molecule has 0 aliphatic carbocycles. The van der Waals surface area contributed by atoms with E-state index in [0.29, 0.717) is 27.6 Å². The maximum absolute atomic E-state index is 14.5. The van der Waals surface area contributed by atoms with Crippen LogP contribution in [0.2, 0.25) is 0 Å². The second-order valence-electron chi connectivity index (χ2n) is 10.4. The van der Waals surface area contributed by atoms with E-state index in [9.17, 15) is 17.6 Å². The van der Waals surface area contributed by atoms with Gasteiger partial charge in [0.05, 0.1) is 11.4 Å². The second kappa shape index (κ2) is 12.2. The number of fused-ring (bicyclic) bond motifs is 1. The maximum atomic E-state index is 14.5. The van der Waals surface area contributed by atoms with Crippen LogP contribution in [-0.4, -0.2) is 54.5 Å². The molecule has 0 bridgehead atoms. The summed E-state index contributed by atoms with van der Waals surface area (Å²) in [7, 11) is -0.397. The molecule has 43 heavy (non-hydrogen) atoms. The maximum Gasteiger partial charge on any atom is 0.322 e. The summed E-state index contributed by atoms with van der Waals surface area (Å²) in [5, 5.41) is 4.28. The minimum Gasteiger partial charge on any atom is -0.346 e. The Balaban J connectivity index is 1.35. The number of rotatable bonds is 11. The summed E-state index contributed by atoms with van der Waals surface area (Å²) in [6.07, 6.45) is 3.55. The van der Waals surface area contributed by atoms with Crippen LogP contribution in [-0.2, 0) is 26.2 Å². The topological polar surface area (TPSA) is 110 Å². The van der Waals surface area contributed by atoms with Gasteiger partial charge in [-0.2, -0.15) is 8.42 Å². The molecule has 0 amide bonds. The highest BCUT2D eigenvalue weighted by molar-refractivity contribution is 7.92. The van der Waals surface area contributed by atoms with Gasteiger partial charge < -0.3 is 19.6 Å². The number of nitrogens with zero attached hydrogens (tertiary/aromatic N) is 5. The zero-order chi connectivity index (χ0) is 30.7. The molecule has 5 aromatic rings. The Morgan fingerprint density at radius 2 is 1.79 bits per heavy atom. The van der Waals surface area contributed by atoms with Gasteiger partial charge in [0.2, 0.25) is 0 Å². The van der Waals surface area contributed by atoms with E-state index >= 15 is 0 Å². The highest BCUT2D eigenvalue weighted by Crippen LogP contribution is 2.29. The molecule has 0 aliphatic rings. The number of carbonyl (C=O) groups is 1. The lowest BCUT2D eigenvalue weighted by molar-refractivity contribution is -0.128. The van der Waals surface area contributed by atoms with Crippen molar-refractivity contribution in [3.8, 4) is 11.3 Å². The lowest BCUT2D eigenvalue weighted by Crippen LogP contribution is -2.31. The molecule has 0 aliphatic heterocycles. The van der Waals surface area contributed by atoms with E-state index in [1.807, 2.05) is 12.1 Å². The molecular formula is C31H31FN6O4S. The van der Waals surface area contributed by atoms with Crippen LogP contribution in [0.1, 0.15) is 12.5 Å². The number of nitrogens with one attached hydrogen (secondary N) is 1. The molecular weight excluding hydrogens is 571 g/mol. The summed E-state index contributed by atoms with van der Waals surface area (Å²) in [5.41, 5.74) is 3.93. The van der Waals surface area contributed by atoms with E-state index in [4.69, 9.17) is 4.84 Å². The van der Waals surface area contributed by atoms with Crippen molar-refractivity contribution >= 4 is 44.6 Å². The fraction of sp³-hybridized carbons (Fsp3) is 0.194. The van der Waals surface area contributed by atoms with Crippen LogP contribution in [0.15, 0.2) is 90.2 Å². The van der Waals surface area contributed by atoms with E-state index in [-0.39, 0.29) is 12.2 Å². The zero-order valence-corrected chi connectivity index (χ0v) is 24.9. The van der Waals surface area contributed by atoms with E-state index in [1.165, 1.54) is 24.5 Å². The average Bonchev–Trinajstić information content (AvgIpc) is 3.38. The SMILES string of the molecule is Cc1ccc(S(=O)(=O)N(OC=O)c2ccc(Nc3cc(-c4ccc5c(ccn5CC(C)N(C)C)c4)ncn3)cc2)c(F)c1. The normalized spacial score (nSPS) is 12.3. The number of likely N-dealkylation sites (N-methyl/N-ethyl adjacent to an activating group) is 1. The third-order valence-electron chi connectivity index (χ3n) is 7.15. The first-order chi connectivity index (χ1) is 20.6. The van der Waals surface area contributed by atoms with Gasteiger partial charge in [-0.15, -0.1) is 0 Å². The van der Waals surface area contributed by atoms with E-state index in [2.05, 4.69) is 70.2 Å². The molecule has 1 N–H and O–H groups in total. The number of carbonyl (C=O) groups excluding carboxylic acids is 1. The third kappa shape index (κ3) is 6.35. The van der Waals surface area contributed by atoms with Gasteiger partial charge >= 0.3 is 6.47 Å². The van der Waals surface area contributed by atoms with Gasteiger partial charge in [0, 0.05) is 47.0 Å².